The molecule has 2 aromatic carbocycles. The first-order valence-corrected chi connectivity index (χ1v) is 13.6. The summed E-state index contributed by atoms with van der Waals surface area (Å²) in [7, 11) is 5.52. The summed E-state index contributed by atoms with van der Waals surface area (Å²) in [6, 6.07) is 8.13. The molecule has 2 fully saturated rings. The van der Waals surface area contributed by atoms with E-state index in [9.17, 15) is 4.79 Å². The molecule has 1 amide bonds. The summed E-state index contributed by atoms with van der Waals surface area (Å²) in [6.45, 7) is 9.23. The zero-order valence-corrected chi connectivity index (χ0v) is 23.4. The summed E-state index contributed by atoms with van der Waals surface area (Å²) >= 11 is 0. The number of likely N-dealkylation sites (tertiary alicyclic amines) is 1. The van der Waals surface area contributed by atoms with E-state index in [1.54, 1.807) is 20.5 Å². The highest BCUT2D eigenvalue weighted by atomic mass is 16.5. The third-order valence-corrected chi connectivity index (χ3v) is 8.63. The predicted octanol–water partition coefficient (Wildman–Crippen LogP) is 5.66. The number of amides is 1. The van der Waals surface area contributed by atoms with Crippen LogP contribution in [0.5, 0.6) is 11.5 Å². The van der Waals surface area contributed by atoms with Crippen molar-refractivity contribution in [3.8, 4) is 11.5 Å². The zero-order valence-electron chi connectivity index (χ0n) is 23.4. The fourth-order valence-corrected chi connectivity index (χ4v) is 5.94. The molecule has 0 radical (unpaired) electrons. The summed E-state index contributed by atoms with van der Waals surface area (Å²) in [5, 5.41) is 4.36. The van der Waals surface area contributed by atoms with Gasteiger partial charge in [-0.05, 0) is 75.4 Å². The van der Waals surface area contributed by atoms with E-state index in [0.717, 1.165) is 65.9 Å². The molecule has 0 aliphatic carbocycles. The molecule has 1 aromatic heterocycles. The van der Waals surface area contributed by atoms with Crippen LogP contribution in [0.25, 0.3) is 10.9 Å². The Bertz CT molecular complexity index is 1350. The number of nitrogens with one attached hydrogen (secondary N) is 1. The van der Waals surface area contributed by atoms with Gasteiger partial charge in [-0.1, -0.05) is 19.9 Å². The predicted molar refractivity (Wildman–Crippen MR) is 152 cm³/mol. The number of hydrogen-bond donors (Lipinski definition) is 1. The van der Waals surface area contributed by atoms with Crippen molar-refractivity contribution in [2.45, 2.75) is 52.4 Å². The number of aromatic nitrogens is 2. The van der Waals surface area contributed by atoms with Gasteiger partial charge in [0.1, 0.15) is 23.6 Å². The zero-order chi connectivity index (χ0) is 27.0. The number of hydrogen-bond acceptors (Lipinski definition) is 7. The Morgan fingerprint density at radius 1 is 1.13 bits per heavy atom. The lowest BCUT2D eigenvalue weighted by atomic mass is 9.78. The Balaban J connectivity index is 1.53. The Morgan fingerprint density at radius 3 is 2.58 bits per heavy atom. The minimum Gasteiger partial charge on any atom is -0.496 e. The van der Waals surface area contributed by atoms with E-state index in [2.05, 4.69) is 60.1 Å². The van der Waals surface area contributed by atoms with Crippen molar-refractivity contribution < 1.29 is 14.3 Å². The maximum absolute atomic E-state index is 13.3. The van der Waals surface area contributed by atoms with Crippen LogP contribution >= 0.6 is 0 Å². The monoisotopic (exact) mass is 517 g/mol. The van der Waals surface area contributed by atoms with Crippen LogP contribution in [0.4, 0.5) is 17.2 Å². The lowest BCUT2D eigenvalue weighted by Gasteiger charge is -2.37. The van der Waals surface area contributed by atoms with E-state index >= 15 is 0 Å². The Morgan fingerprint density at radius 2 is 1.89 bits per heavy atom. The molecule has 0 saturated carbocycles. The quantitative estimate of drug-likeness (QED) is 0.433. The summed E-state index contributed by atoms with van der Waals surface area (Å²) in [4.78, 5) is 26.7. The number of anilines is 3. The van der Waals surface area contributed by atoms with Gasteiger partial charge in [0.25, 0.3) is 0 Å². The van der Waals surface area contributed by atoms with Crippen molar-refractivity contribution in [1.29, 1.82) is 0 Å². The topological polar surface area (TPSA) is 79.8 Å². The van der Waals surface area contributed by atoms with Crippen LogP contribution < -0.4 is 19.7 Å². The normalized spacial score (nSPS) is 18.3. The highest BCUT2D eigenvalue weighted by molar-refractivity contribution is 6.02. The molecule has 3 heterocycles. The first-order chi connectivity index (χ1) is 18.3. The van der Waals surface area contributed by atoms with Crippen LogP contribution in [-0.2, 0) is 4.79 Å². The number of fused-ring (bicyclic) bond motifs is 1. The van der Waals surface area contributed by atoms with Gasteiger partial charge in [-0.2, -0.15) is 0 Å². The Labute approximate surface area is 225 Å². The first kappa shape index (κ1) is 26.2. The van der Waals surface area contributed by atoms with E-state index in [4.69, 9.17) is 9.47 Å². The van der Waals surface area contributed by atoms with Gasteiger partial charge in [0, 0.05) is 35.7 Å². The number of nitrogens with zero attached hydrogens (tertiary/aromatic N) is 4. The van der Waals surface area contributed by atoms with Crippen molar-refractivity contribution in [1.82, 2.24) is 14.9 Å². The summed E-state index contributed by atoms with van der Waals surface area (Å²) in [5.74, 6) is 2.78. The van der Waals surface area contributed by atoms with Crippen LogP contribution in [0, 0.1) is 12.3 Å². The van der Waals surface area contributed by atoms with Gasteiger partial charge in [0.15, 0.2) is 0 Å². The average molecular weight is 518 g/mol. The smallest absolute Gasteiger partial charge is 0.227 e. The molecule has 38 heavy (non-hydrogen) atoms. The van der Waals surface area contributed by atoms with Crippen molar-refractivity contribution in [2.24, 2.45) is 5.41 Å². The highest BCUT2D eigenvalue weighted by Crippen LogP contribution is 2.46. The minimum absolute atomic E-state index is 0.0306. The van der Waals surface area contributed by atoms with E-state index in [-0.39, 0.29) is 11.3 Å². The second-order valence-corrected chi connectivity index (χ2v) is 11.0. The molecule has 2 saturated heterocycles. The van der Waals surface area contributed by atoms with Crippen LogP contribution in [0.1, 0.15) is 56.6 Å². The van der Waals surface area contributed by atoms with Crippen LogP contribution in [-0.4, -0.2) is 61.7 Å². The van der Waals surface area contributed by atoms with Gasteiger partial charge in [0.05, 0.1) is 25.4 Å². The molecule has 0 bridgehead atoms. The van der Waals surface area contributed by atoms with E-state index in [0.29, 0.717) is 30.5 Å². The lowest BCUT2D eigenvalue weighted by Crippen LogP contribution is -2.39. The Kier molecular flexibility index (Phi) is 7.18. The van der Waals surface area contributed by atoms with Gasteiger partial charge in [-0.3, -0.25) is 4.79 Å². The molecule has 1 spiro atoms. The minimum atomic E-state index is 0.0306. The van der Waals surface area contributed by atoms with Crippen LogP contribution in [0.15, 0.2) is 30.6 Å². The van der Waals surface area contributed by atoms with E-state index in [1.165, 1.54) is 5.56 Å². The number of benzene rings is 2. The average Bonchev–Trinajstić information content (AvgIpc) is 3.25. The number of carbonyl (C=O) groups is 1. The van der Waals surface area contributed by atoms with Gasteiger partial charge < -0.3 is 24.6 Å². The first-order valence-electron chi connectivity index (χ1n) is 13.6. The maximum Gasteiger partial charge on any atom is 0.227 e. The third kappa shape index (κ3) is 4.66. The van der Waals surface area contributed by atoms with Crippen LogP contribution in [0.3, 0.4) is 0 Å². The number of methoxy groups -OCH3 is 2. The summed E-state index contributed by atoms with van der Waals surface area (Å²) in [6.07, 6.45) is 5.24. The molecule has 3 aromatic rings. The molecule has 202 valence electrons. The second kappa shape index (κ2) is 10.4. The highest BCUT2D eigenvalue weighted by Gasteiger charge is 2.45. The summed E-state index contributed by atoms with van der Waals surface area (Å²) < 4.78 is 11.6. The number of piperidine rings is 1. The van der Waals surface area contributed by atoms with Crippen molar-refractivity contribution >= 4 is 34.0 Å². The standard InChI is InChI=1S/C30H39N5O3/c1-7-19(2)21-8-9-23(20(3)28(21)38-6)33-29-22-14-25(26(37-5)15-24(22)31-18-32-29)35-17-30(16-27(35)36)10-12-34(4)13-11-30/h8-9,14-15,18-19H,7,10-13,16-17H2,1-6H3,(H,31,32,33). The lowest BCUT2D eigenvalue weighted by molar-refractivity contribution is -0.118. The fraction of sp³-hybridized carbons (Fsp3) is 0.500. The molecule has 8 heteroatoms. The third-order valence-electron chi connectivity index (χ3n) is 8.63. The number of rotatable bonds is 7. The molecule has 8 nitrogen and oxygen atoms in total. The molecule has 1 unspecified atom stereocenters. The Hall–Kier alpha value is -3.39. The number of ether oxygens (including phenoxy) is 2. The van der Waals surface area contributed by atoms with E-state index < -0.39 is 0 Å². The van der Waals surface area contributed by atoms with Gasteiger partial charge >= 0.3 is 0 Å². The number of carbonyl (C=O) groups excluding carboxylic acids is 1. The van der Waals surface area contributed by atoms with Crippen molar-refractivity contribution in [3.63, 3.8) is 0 Å². The largest absolute Gasteiger partial charge is 0.496 e. The molecule has 2 aliphatic rings. The SMILES string of the molecule is CCC(C)c1ccc(Nc2ncnc3cc(OC)c(N4CC5(CCN(C)CC5)CC4=O)cc23)c(C)c1OC. The molecule has 1 atom stereocenters. The van der Waals surface area contributed by atoms with Gasteiger partial charge in [-0.15, -0.1) is 0 Å². The van der Waals surface area contributed by atoms with Crippen molar-refractivity contribution in [2.75, 3.05) is 51.1 Å². The molecule has 1 N–H and O–H groups in total. The maximum atomic E-state index is 13.3. The second-order valence-electron chi connectivity index (χ2n) is 11.0. The fourth-order valence-electron chi connectivity index (χ4n) is 5.94. The molecular weight excluding hydrogens is 478 g/mol. The molecular formula is C30H39N5O3. The van der Waals surface area contributed by atoms with Gasteiger partial charge in [-0.25, -0.2) is 9.97 Å². The van der Waals surface area contributed by atoms with E-state index in [1.807, 2.05) is 17.0 Å². The van der Waals surface area contributed by atoms with Crippen molar-refractivity contribution in [3.05, 3.63) is 41.7 Å². The molecule has 2 aliphatic heterocycles. The van der Waals surface area contributed by atoms with Gasteiger partial charge in [0.2, 0.25) is 5.91 Å². The summed E-state index contributed by atoms with van der Waals surface area (Å²) in [5.41, 5.74) is 4.72. The van der Waals surface area contributed by atoms with Crippen LogP contribution in [0.2, 0.25) is 0 Å². The molecule has 5 rings (SSSR count).